The number of carbonyl (C=O) groups is 2. The number of fused-ring (bicyclic) bond motifs is 1. The molecule has 1 aromatic carbocycles. The minimum Gasteiger partial charge on any atom is -0.507 e. The third-order valence-electron chi connectivity index (χ3n) is 3.01. The maximum atomic E-state index is 12.0. The summed E-state index contributed by atoms with van der Waals surface area (Å²) < 4.78 is 0. The molecule has 19 heavy (non-hydrogen) atoms. The van der Waals surface area contributed by atoms with Crippen molar-refractivity contribution in [2.45, 2.75) is 20.3 Å². The van der Waals surface area contributed by atoms with Crippen LogP contribution in [-0.2, 0) is 4.79 Å². The summed E-state index contributed by atoms with van der Waals surface area (Å²) in [5.74, 6) is -2.05. The molecule has 1 aromatic rings. The summed E-state index contributed by atoms with van der Waals surface area (Å²) in [6.07, 6.45) is 1.97. The normalized spacial score (nSPS) is 14.4. The summed E-state index contributed by atoms with van der Waals surface area (Å²) in [4.78, 5) is 23.9. The van der Waals surface area contributed by atoms with E-state index in [0.717, 1.165) is 5.57 Å². The molecule has 0 heterocycles. The van der Waals surface area contributed by atoms with Crippen LogP contribution in [0.15, 0.2) is 35.4 Å². The number of phenols is 1. The maximum absolute atomic E-state index is 12.0. The van der Waals surface area contributed by atoms with E-state index in [1.165, 1.54) is 18.2 Å². The zero-order chi connectivity index (χ0) is 14.2. The summed E-state index contributed by atoms with van der Waals surface area (Å²) in [5, 5.41) is 19.8. The van der Waals surface area contributed by atoms with Gasteiger partial charge in [-0.3, -0.25) is 9.59 Å². The lowest BCUT2D eigenvalue weighted by Gasteiger charge is -2.17. The fourth-order valence-corrected chi connectivity index (χ4v) is 1.99. The molecule has 0 aromatic heterocycles. The van der Waals surface area contributed by atoms with E-state index in [-0.39, 0.29) is 34.6 Å². The van der Waals surface area contributed by atoms with Gasteiger partial charge in [0.25, 0.3) is 0 Å². The second-order valence-electron chi connectivity index (χ2n) is 4.67. The van der Waals surface area contributed by atoms with Crippen LogP contribution in [0.25, 0.3) is 5.76 Å². The van der Waals surface area contributed by atoms with E-state index < -0.39 is 11.6 Å². The van der Waals surface area contributed by atoms with E-state index in [1.807, 2.05) is 13.8 Å². The van der Waals surface area contributed by atoms with Gasteiger partial charge in [-0.25, -0.2) is 0 Å². The highest BCUT2D eigenvalue weighted by Crippen LogP contribution is 2.34. The molecule has 0 spiro atoms. The molecule has 4 nitrogen and oxygen atoms in total. The van der Waals surface area contributed by atoms with Crippen LogP contribution in [0.3, 0.4) is 0 Å². The summed E-state index contributed by atoms with van der Waals surface area (Å²) in [6.45, 7) is 3.74. The number of aromatic hydroxyl groups is 1. The van der Waals surface area contributed by atoms with Gasteiger partial charge in [0, 0.05) is 11.1 Å². The number of Topliss-reactive ketones (excluding diaryl/α,β-unsaturated/α-hetero) is 2. The summed E-state index contributed by atoms with van der Waals surface area (Å²) in [7, 11) is 0. The number of carbonyl (C=O) groups excluding carboxylic acids is 2. The van der Waals surface area contributed by atoms with Gasteiger partial charge in [-0.1, -0.05) is 23.8 Å². The van der Waals surface area contributed by atoms with Crippen LogP contribution in [-0.4, -0.2) is 21.8 Å². The SMILES string of the molecule is CC(C)=CCC1=C(O)c2cccc(O)c2C(=O)C1=O. The highest BCUT2D eigenvalue weighted by atomic mass is 16.3. The first-order valence-corrected chi connectivity index (χ1v) is 5.90. The van der Waals surface area contributed by atoms with Crippen LogP contribution in [0.1, 0.15) is 36.2 Å². The van der Waals surface area contributed by atoms with E-state index in [0.29, 0.717) is 0 Å². The first-order valence-electron chi connectivity index (χ1n) is 5.90. The monoisotopic (exact) mass is 258 g/mol. The number of ketones is 2. The van der Waals surface area contributed by atoms with Crippen LogP contribution in [0.2, 0.25) is 0 Å². The molecule has 1 aliphatic rings. The molecular weight excluding hydrogens is 244 g/mol. The topological polar surface area (TPSA) is 74.6 Å². The number of benzene rings is 1. The van der Waals surface area contributed by atoms with Crippen molar-refractivity contribution in [3.63, 3.8) is 0 Å². The Morgan fingerprint density at radius 3 is 2.47 bits per heavy atom. The molecule has 4 heteroatoms. The van der Waals surface area contributed by atoms with Gasteiger partial charge in [0.05, 0.1) is 5.56 Å². The molecule has 2 rings (SSSR count). The van der Waals surface area contributed by atoms with Crippen LogP contribution in [0.4, 0.5) is 0 Å². The van der Waals surface area contributed by atoms with Crippen molar-refractivity contribution in [1.29, 1.82) is 0 Å². The number of aliphatic hydroxyl groups is 1. The molecule has 0 atom stereocenters. The number of aliphatic hydroxyl groups excluding tert-OH is 1. The molecule has 2 N–H and O–H groups in total. The van der Waals surface area contributed by atoms with Crippen molar-refractivity contribution in [2.75, 3.05) is 0 Å². The number of phenolic OH excluding ortho intramolecular Hbond substituents is 1. The first kappa shape index (κ1) is 13.1. The van der Waals surface area contributed by atoms with Crippen molar-refractivity contribution in [1.82, 2.24) is 0 Å². The fraction of sp³-hybridized carbons (Fsp3) is 0.200. The van der Waals surface area contributed by atoms with E-state index >= 15 is 0 Å². The van der Waals surface area contributed by atoms with Crippen molar-refractivity contribution in [3.8, 4) is 5.75 Å². The number of hydrogen-bond acceptors (Lipinski definition) is 4. The first-order chi connectivity index (χ1) is 8.93. The smallest absolute Gasteiger partial charge is 0.237 e. The average molecular weight is 258 g/mol. The largest absolute Gasteiger partial charge is 0.507 e. The Bertz CT molecular complexity index is 632. The van der Waals surface area contributed by atoms with Crippen molar-refractivity contribution in [2.24, 2.45) is 0 Å². The summed E-state index contributed by atoms with van der Waals surface area (Å²) in [5.41, 5.74) is 1.15. The van der Waals surface area contributed by atoms with Gasteiger partial charge in [-0.05, 0) is 26.3 Å². The van der Waals surface area contributed by atoms with E-state index in [4.69, 9.17) is 0 Å². The second kappa shape index (κ2) is 4.72. The minimum atomic E-state index is -0.775. The summed E-state index contributed by atoms with van der Waals surface area (Å²) in [6, 6.07) is 4.35. The lowest BCUT2D eigenvalue weighted by atomic mass is 9.86. The Morgan fingerprint density at radius 1 is 1.16 bits per heavy atom. The summed E-state index contributed by atoms with van der Waals surface area (Å²) >= 11 is 0. The van der Waals surface area contributed by atoms with Crippen LogP contribution in [0.5, 0.6) is 5.75 Å². The van der Waals surface area contributed by atoms with E-state index in [1.54, 1.807) is 6.08 Å². The standard InChI is InChI=1S/C15H14O4/c1-8(2)6-7-10-13(17)9-4-3-5-11(16)12(9)15(19)14(10)18/h3-6,16-17H,7H2,1-2H3. The van der Waals surface area contributed by atoms with Crippen LogP contribution >= 0.6 is 0 Å². The number of hydrogen-bond donors (Lipinski definition) is 2. The average Bonchev–Trinajstić information content (AvgIpc) is 2.35. The Morgan fingerprint density at radius 2 is 1.84 bits per heavy atom. The van der Waals surface area contributed by atoms with E-state index in [9.17, 15) is 19.8 Å². The zero-order valence-corrected chi connectivity index (χ0v) is 10.7. The molecule has 0 radical (unpaired) electrons. The Balaban J connectivity index is 2.62. The third-order valence-corrected chi connectivity index (χ3v) is 3.01. The molecular formula is C15H14O4. The van der Waals surface area contributed by atoms with Gasteiger partial charge in [0.2, 0.25) is 11.6 Å². The third kappa shape index (κ3) is 2.17. The molecule has 0 unspecified atom stereocenters. The molecule has 0 fully saturated rings. The molecule has 98 valence electrons. The van der Waals surface area contributed by atoms with Crippen molar-refractivity contribution >= 4 is 17.3 Å². The predicted molar refractivity (Wildman–Crippen MR) is 71.0 cm³/mol. The molecule has 0 aliphatic heterocycles. The Kier molecular flexibility index (Phi) is 3.25. The molecule has 0 saturated carbocycles. The quantitative estimate of drug-likeness (QED) is 0.631. The molecule has 1 aliphatic carbocycles. The lowest BCUT2D eigenvalue weighted by Crippen LogP contribution is -2.24. The van der Waals surface area contributed by atoms with Gasteiger partial charge in [0.1, 0.15) is 11.5 Å². The second-order valence-corrected chi connectivity index (χ2v) is 4.67. The van der Waals surface area contributed by atoms with Gasteiger partial charge < -0.3 is 10.2 Å². The molecule has 0 saturated heterocycles. The lowest BCUT2D eigenvalue weighted by molar-refractivity contribution is -0.112. The van der Waals surface area contributed by atoms with E-state index in [2.05, 4.69) is 0 Å². The van der Waals surface area contributed by atoms with Gasteiger partial charge in [0.15, 0.2) is 0 Å². The minimum absolute atomic E-state index is 0.0734. The van der Waals surface area contributed by atoms with Crippen LogP contribution < -0.4 is 0 Å². The molecule has 0 bridgehead atoms. The predicted octanol–water partition coefficient (Wildman–Crippen LogP) is 2.78. The van der Waals surface area contributed by atoms with Crippen LogP contribution in [0, 0.1) is 0 Å². The zero-order valence-electron chi connectivity index (χ0n) is 10.7. The highest BCUT2D eigenvalue weighted by Gasteiger charge is 2.34. The van der Waals surface area contributed by atoms with Gasteiger partial charge in [-0.2, -0.15) is 0 Å². The number of rotatable bonds is 2. The molecule has 0 amide bonds. The highest BCUT2D eigenvalue weighted by molar-refractivity contribution is 6.52. The Hall–Kier alpha value is -2.36. The van der Waals surface area contributed by atoms with Gasteiger partial charge >= 0.3 is 0 Å². The maximum Gasteiger partial charge on any atom is 0.237 e. The number of allylic oxidation sites excluding steroid dienone is 3. The fourth-order valence-electron chi connectivity index (χ4n) is 1.99. The van der Waals surface area contributed by atoms with Crippen molar-refractivity contribution < 1.29 is 19.8 Å². The van der Waals surface area contributed by atoms with Gasteiger partial charge in [-0.15, -0.1) is 0 Å². The van der Waals surface area contributed by atoms with Crippen molar-refractivity contribution in [3.05, 3.63) is 46.5 Å². The Labute approximate surface area is 110 Å².